The summed E-state index contributed by atoms with van der Waals surface area (Å²) in [6, 6.07) is 11.1. The van der Waals surface area contributed by atoms with Gasteiger partial charge in [0, 0.05) is 24.6 Å². The van der Waals surface area contributed by atoms with Gasteiger partial charge in [-0.05, 0) is 42.2 Å². The van der Waals surface area contributed by atoms with Gasteiger partial charge in [0.15, 0.2) is 0 Å². The van der Waals surface area contributed by atoms with Crippen molar-refractivity contribution >= 4 is 17.6 Å². The number of urea groups is 1. The van der Waals surface area contributed by atoms with E-state index in [2.05, 4.69) is 10.3 Å². The largest absolute Gasteiger partial charge is 0.369 e. The average Bonchev–Trinajstić information content (AvgIpc) is 2.90. The number of carbonyl (C=O) groups is 2. The van der Waals surface area contributed by atoms with Crippen molar-refractivity contribution in [2.75, 3.05) is 11.9 Å². The molecule has 0 bridgehead atoms. The number of nitrogens with zero attached hydrogens (tertiary/aromatic N) is 2. The average molecular weight is 352 g/mol. The summed E-state index contributed by atoms with van der Waals surface area (Å²) in [4.78, 5) is 30.3. The van der Waals surface area contributed by atoms with E-state index >= 15 is 0 Å². The van der Waals surface area contributed by atoms with E-state index in [9.17, 15) is 9.59 Å². The number of primary amides is 1. The van der Waals surface area contributed by atoms with Gasteiger partial charge >= 0.3 is 6.03 Å². The van der Waals surface area contributed by atoms with Gasteiger partial charge in [-0.3, -0.25) is 9.78 Å². The summed E-state index contributed by atoms with van der Waals surface area (Å²) < 4.78 is 0. The molecule has 1 fully saturated rings. The molecule has 3 rings (SSSR count). The molecule has 3 N–H and O–H groups in total. The summed E-state index contributed by atoms with van der Waals surface area (Å²) >= 11 is 0. The fourth-order valence-electron chi connectivity index (χ4n) is 3.45. The third-order valence-electron chi connectivity index (χ3n) is 4.73. The molecule has 6 heteroatoms. The molecular weight excluding hydrogens is 328 g/mol. The summed E-state index contributed by atoms with van der Waals surface area (Å²) in [5, 5.41) is 2.98. The fourth-order valence-corrected chi connectivity index (χ4v) is 3.45. The van der Waals surface area contributed by atoms with Crippen molar-refractivity contribution in [3.8, 4) is 0 Å². The Hall–Kier alpha value is -2.89. The number of hydrogen-bond acceptors (Lipinski definition) is 3. The van der Waals surface area contributed by atoms with Gasteiger partial charge in [-0.25, -0.2) is 4.79 Å². The molecule has 6 nitrogen and oxygen atoms in total. The maximum Gasteiger partial charge on any atom is 0.322 e. The first-order chi connectivity index (χ1) is 12.6. The molecule has 0 saturated carbocycles. The summed E-state index contributed by atoms with van der Waals surface area (Å²) in [5.74, 6) is -0.420. The zero-order valence-electron chi connectivity index (χ0n) is 14.7. The van der Waals surface area contributed by atoms with Crippen LogP contribution in [0.4, 0.5) is 10.5 Å². The first-order valence-electron chi connectivity index (χ1n) is 8.99. The fraction of sp³-hybridized carbons (Fsp3) is 0.350. The molecule has 1 aliphatic rings. The number of likely N-dealkylation sites (tertiary alicyclic amines) is 1. The smallest absolute Gasteiger partial charge is 0.322 e. The van der Waals surface area contributed by atoms with Crippen LogP contribution in [0.25, 0.3) is 0 Å². The second-order valence-electron chi connectivity index (χ2n) is 6.57. The van der Waals surface area contributed by atoms with Crippen LogP contribution in [-0.2, 0) is 11.2 Å². The number of anilines is 1. The van der Waals surface area contributed by atoms with Crippen molar-refractivity contribution in [3.63, 3.8) is 0 Å². The van der Waals surface area contributed by atoms with Crippen LogP contribution in [0, 0.1) is 0 Å². The summed E-state index contributed by atoms with van der Waals surface area (Å²) in [5.41, 5.74) is 7.78. The van der Waals surface area contributed by atoms with Gasteiger partial charge in [-0.1, -0.05) is 31.0 Å². The third-order valence-corrected chi connectivity index (χ3v) is 4.73. The lowest BCUT2D eigenvalue weighted by Gasteiger charge is -2.30. The van der Waals surface area contributed by atoms with Crippen LogP contribution in [0.1, 0.15) is 42.9 Å². The van der Waals surface area contributed by atoms with Crippen LogP contribution in [0.2, 0.25) is 0 Å². The van der Waals surface area contributed by atoms with E-state index in [0.717, 1.165) is 36.8 Å². The lowest BCUT2D eigenvalue weighted by Crippen LogP contribution is -2.38. The topological polar surface area (TPSA) is 88.3 Å². The Morgan fingerprint density at radius 1 is 1.12 bits per heavy atom. The number of para-hydroxylation sites is 1. The van der Waals surface area contributed by atoms with Crippen LogP contribution >= 0.6 is 0 Å². The van der Waals surface area contributed by atoms with Gasteiger partial charge < -0.3 is 16.0 Å². The van der Waals surface area contributed by atoms with E-state index < -0.39 is 5.91 Å². The summed E-state index contributed by atoms with van der Waals surface area (Å²) in [6.07, 6.45) is 7.75. The molecule has 2 aromatic rings. The number of nitrogens with one attached hydrogen (secondary N) is 1. The van der Waals surface area contributed by atoms with Crippen LogP contribution in [0.3, 0.4) is 0 Å². The number of carbonyl (C=O) groups excluding carboxylic acids is 2. The maximum absolute atomic E-state index is 13.0. The Labute approximate surface area is 153 Å². The molecule has 26 heavy (non-hydrogen) atoms. The number of nitrogens with two attached hydrogens (primary N) is 1. The van der Waals surface area contributed by atoms with Gasteiger partial charge in [-0.2, -0.15) is 0 Å². The Balaban J connectivity index is 1.82. The van der Waals surface area contributed by atoms with Crippen LogP contribution < -0.4 is 11.1 Å². The van der Waals surface area contributed by atoms with E-state index in [1.807, 2.05) is 35.2 Å². The molecule has 1 unspecified atom stereocenters. The molecule has 0 radical (unpaired) electrons. The van der Waals surface area contributed by atoms with Gasteiger partial charge in [0.25, 0.3) is 0 Å². The molecular formula is C20H24N4O2. The molecule has 0 spiro atoms. The van der Waals surface area contributed by atoms with Crippen molar-refractivity contribution in [2.45, 2.75) is 38.1 Å². The van der Waals surface area contributed by atoms with E-state index in [1.54, 1.807) is 18.5 Å². The maximum atomic E-state index is 13.0. The Kier molecular flexibility index (Phi) is 5.84. The Bertz CT molecular complexity index is 763. The third kappa shape index (κ3) is 4.39. The quantitative estimate of drug-likeness (QED) is 0.885. The standard InChI is InChI=1S/C20H24N4O2/c21-19(25)14-16-6-3-4-7-17(16)23-20(26)24-13-5-1-2-8-18(24)15-9-11-22-12-10-15/h3-4,6-7,9-12,18H,1-2,5,8,13-14H2,(H2,21,25)(H,23,26). The highest BCUT2D eigenvalue weighted by Crippen LogP contribution is 2.30. The van der Waals surface area contributed by atoms with Crippen LogP contribution in [0.15, 0.2) is 48.8 Å². The first-order valence-corrected chi connectivity index (χ1v) is 8.99. The van der Waals surface area contributed by atoms with Gasteiger partial charge in [0.2, 0.25) is 5.91 Å². The summed E-state index contributed by atoms with van der Waals surface area (Å²) in [6.45, 7) is 0.705. The van der Waals surface area contributed by atoms with E-state index in [-0.39, 0.29) is 18.5 Å². The first kappa shape index (κ1) is 17.9. The minimum atomic E-state index is -0.420. The predicted octanol–water partition coefficient (Wildman–Crippen LogP) is 3.26. The van der Waals surface area contributed by atoms with Crippen molar-refractivity contribution in [1.82, 2.24) is 9.88 Å². The monoisotopic (exact) mass is 352 g/mol. The number of rotatable bonds is 4. The molecule has 1 aromatic carbocycles. The lowest BCUT2D eigenvalue weighted by atomic mass is 10.0. The second-order valence-corrected chi connectivity index (χ2v) is 6.57. The Morgan fingerprint density at radius 3 is 2.65 bits per heavy atom. The number of benzene rings is 1. The minimum Gasteiger partial charge on any atom is -0.369 e. The molecule has 1 saturated heterocycles. The second kappa shape index (κ2) is 8.47. The predicted molar refractivity (Wildman–Crippen MR) is 101 cm³/mol. The molecule has 136 valence electrons. The van der Waals surface area contributed by atoms with E-state index in [4.69, 9.17) is 5.73 Å². The highest BCUT2D eigenvalue weighted by atomic mass is 16.2. The Morgan fingerprint density at radius 2 is 1.88 bits per heavy atom. The molecule has 3 amide bonds. The summed E-state index contributed by atoms with van der Waals surface area (Å²) in [7, 11) is 0. The number of aromatic nitrogens is 1. The molecule has 0 aliphatic carbocycles. The van der Waals surface area contributed by atoms with Crippen molar-refractivity contribution in [2.24, 2.45) is 5.73 Å². The van der Waals surface area contributed by atoms with Crippen LogP contribution in [-0.4, -0.2) is 28.4 Å². The number of pyridine rings is 1. The van der Waals surface area contributed by atoms with E-state index in [1.165, 1.54) is 0 Å². The molecule has 1 atom stereocenters. The number of amides is 3. The highest BCUT2D eigenvalue weighted by Gasteiger charge is 2.27. The van der Waals surface area contributed by atoms with Gasteiger partial charge in [0.05, 0.1) is 12.5 Å². The molecule has 2 heterocycles. The van der Waals surface area contributed by atoms with Gasteiger partial charge in [0.1, 0.15) is 0 Å². The van der Waals surface area contributed by atoms with E-state index in [0.29, 0.717) is 12.2 Å². The van der Waals surface area contributed by atoms with Crippen molar-refractivity contribution in [1.29, 1.82) is 0 Å². The normalized spacial score (nSPS) is 17.4. The molecule has 1 aromatic heterocycles. The highest BCUT2D eigenvalue weighted by molar-refractivity contribution is 5.91. The van der Waals surface area contributed by atoms with Crippen molar-refractivity contribution < 1.29 is 9.59 Å². The lowest BCUT2D eigenvalue weighted by molar-refractivity contribution is -0.117. The molecule has 1 aliphatic heterocycles. The van der Waals surface area contributed by atoms with Crippen molar-refractivity contribution in [3.05, 3.63) is 59.9 Å². The van der Waals surface area contributed by atoms with Crippen LogP contribution in [0.5, 0.6) is 0 Å². The zero-order chi connectivity index (χ0) is 18.4. The number of hydrogen-bond donors (Lipinski definition) is 2. The SMILES string of the molecule is NC(=O)Cc1ccccc1NC(=O)N1CCCCCC1c1ccncc1. The minimum absolute atomic E-state index is 0.0313. The zero-order valence-corrected chi connectivity index (χ0v) is 14.7. The van der Waals surface area contributed by atoms with Gasteiger partial charge in [-0.15, -0.1) is 0 Å².